The number of hydrogen-bond acceptors (Lipinski definition) is 6. The van der Waals surface area contributed by atoms with Crippen molar-refractivity contribution in [3.8, 4) is 5.75 Å². The normalized spacial score (nSPS) is 28.9. The van der Waals surface area contributed by atoms with Crippen molar-refractivity contribution < 1.29 is 41.3 Å². The van der Waals surface area contributed by atoms with E-state index in [-0.39, 0.29) is 35.3 Å². The number of amides is 1. The molecule has 0 spiro atoms. The van der Waals surface area contributed by atoms with Crippen molar-refractivity contribution in [1.82, 2.24) is 4.98 Å². The second-order valence-electron chi connectivity index (χ2n) is 10.3. The largest absolute Gasteiger partial charge is 0.493 e. The summed E-state index contributed by atoms with van der Waals surface area (Å²) in [5, 5.41) is 2.62. The third kappa shape index (κ3) is 5.11. The number of nitrogens with zero attached hydrogens (tertiary/aromatic N) is 1. The second-order valence-corrected chi connectivity index (χ2v) is 10.3. The number of rotatable bonds is 6. The molecule has 0 saturated carbocycles. The average molecular weight is 541 g/mol. The molecule has 2 aliphatic rings. The van der Waals surface area contributed by atoms with Gasteiger partial charge in [-0.3, -0.25) is 9.78 Å². The standard InChI is InChI=1S/C27H32F4N2O5/c1-7-35-22-14(2)18(28)10-9-17(22)21-15(3)26(6,27(29,30)31)38-23(21)24(34)33-16-8-11-19(32-12-16)20-13-36-25(4,5)37-20/h8-12,15,20-21,23H,7,13H2,1-6H3,(H,33,34)/t15-,20-,21-,23-,26+/m0/s1. The molecule has 5 atom stereocenters. The molecule has 2 aliphatic heterocycles. The first-order chi connectivity index (χ1) is 17.7. The molecule has 4 rings (SSSR count). The van der Waals surface area contributed by atoms with Crippen LogP contribution in [-0.2, 0) is 19.0 Å². The first-order valence-electron chi connectivity index (χ1n) is 12.4. The summed E-state index contributed by atoms with van der Waals surface area (Å²) >= 11 is 0. The van der Waals surface area contributed by atoms with E-state index in [1.807, 2.05) is 0 Å². The maximum absolute atomic E-state index is 14.3. The minimum absolute atomic E-state index is 0.116. The fourth-order valence-corrected chi connectivity index (χ4v) is 5.03. The third-order valence-corrected chi connectivity index (χ3v) is 7.34. The Hall–Kier alpha value is -2.76. The molecule has 2 fully saturated rings. The van der Waals surface area contributed by atoms with Gasteiger partial charge in [-0.25, -0.2) is 4.39 Å². The van der Waals surface area contributed by atoms with Gasteiger partial charge in [0, 0.05) is 23.0 Å². The lowest BCUT2D eigenvalue weighted by Crippen LogP contribution is -2.47. The van der Waals surface area contributed by atoms with Gasteiger partial charge >= 0.3 is 6.18 Å². The highest BCUT2D eigenvalue weighted by Gasteiger charge is 2.65. The number of benzene rings is 1. The van der Waals surface area contributed by atoms with E-state index in [0.29, 0.717) is 12.3 Å². The van der Waals surface area contributed by atoms with E-state index < -0.39 is 47.2 Å². The average Bonchev–Trinajstić information content (AvgIpc) is 3.34. The number of pyridine rings is 1. The van der Waals surface area contributed by atoms with Crippen molar-refractivity contribution in [3.63, 3.8) is 0 Å². The Morgan fingerprint density at radius 2 is 1.89 bits per heavy atom. The Balaban J connectivity index is 1.65. The molecule has 0 unspecified atom stereocenters. The zero-order valence-electron chi connectivity index (χ0n) is 22.1. The van der Waals surface area contributed by atoms with Gasteiger partial charge in [-0.2, -0.15) is 13.2 Å². The molecule has 11 heteroatoms. The molecule has 1 N–H and O–H groups in total. The smallest absolute Gasteiger partial charge is 0.417 e. The van der Waals surface area contributed by atoms with Gasteiger partial charge in [-0.15, -0.1) is 0 Å². The summed E-state index contributed by atoms with van der Waals surface area (Å²) < 4.78 is 79.5. The van der Waals surface area contributed by atoms with Crippen molar-refractivity contribution in [2.45, 2.75) is 77.2 Å². The Kier molecular flexibility index (Phi) is 7.50. The van der Waals surface area contributed by atoms with Gasteiger partial charge in [0.05, 0.1) is 30.8 Å². The second kappa shape index (κ2) is 10.1. The third-order valence-electron chi connectivity index (χ3n) is 7.34. The van der Waals surface area contributed by atoms with Crippen LogP contribution < -0.4 is 10.1 Å². The van der Waals surface area contributed by atoms with Gasteiger partial charge in [0.2, 0.25) is 0 Å². The Labute approximate surface area is 218 Å². The van der Waals surface area contributed by atoms with Crippen LogP contribution in [0.1, 0.15) is 63.5 Å². The molecule has 1 aromatic heterocycles. The quantitative estimate of drug-likeness (QED) is 0.465. The van der Waals surface area contributed by atoms with E-state index >= 15 is 0 Å². The number of halogens is 4. The molecule has 38 heavy (non-hydrogen) atoms. The summed E-state index contributed by atoms with van der Waals surface area (Å²) in [6, 6.07) is 5.76. The summed E-state index contributed by atoms with van der Waals surface area (Å²) in [6.45, 7) is 9.53. The first kappa shape index (κ1) is 28.3. The predicted octanol–water partition coefficient (Wildman–Crippen LogP) is 5.83. The van der Waals surface area contributed by atoms with Crippen molar-refractivity contribution in [2.75, 3.05) is 18.5 Å². The van der Waals surface area contributed by atoms with Crippen LogP contribution in [0, 0.1) is 18.7 Å². The lowest BCUT2D eigenvalue weighted by Gasteiger charge is -2.32. The molecular formula is C27H32F4N2O5. The Bertz CT molecular complexity index is 1190. The van der Waals surface area contributed by atoms with E-state index in [2.05, 4.69) is 10.3 Å². The van der Waals surface area contributed by atoms with Gasteiger partial charge in [-0.05, 0) is 52.8 Å². The monoisotopic (exact) mass is 540 g/mol. The summed E-state index contributed by atoms with van der Waals surface area (Å²) in [4.78, 5) is 17.7. The SMILES string of the molecule is CCOc1c([C@H]2[C@@H](C(=O)Nc3ccc([C@@H]4COC(C)(C)O4)nc3)O[C@@](C)(C(F)(F)F)[C@H]2C)ccc(F)c1C. The molecular weight excluding hydrogens is 508 g/mol. The Morgan fingerprint density at radius 3 is 2.45 bits per heavy atom. The highest BCUT2D eigenvalue weighted by Crippen LogP contribution is 2.55. The molecule has 1 amide bonds. The van der Waals surface area contributed by atoms with Gasteiger partial charge in [0.25, 0.3) is 5.91 Å². The lowest BCUT2D eigenvalue weighted by molar-refractivity contribution is -0.272. The van der Waals surface area contributed by atoms with Crippen LogP contribution in [0.2, 0.25) is 0 Å². The number of anilines is 1. The minimum atomic E-state index is -4.76. The minimum Gasteiger partial charge on any atom is -0.493 e. The topological polar surface area (TPSA) is 78.9 Å². The summed E-state index contributed by atoms with van der Waals surface area (Å²) in [6.07, 6.45) is -5.29. The van der Waals surface area contributed by atoms with Crippen molar-refractivity contribution in [3.05, 3.63) is 53.1 Å². The fourth-order valence-electron chi connectivity index (χ4n) is 5.03. The zero-order valence-corrected chi connectivity index (χ0v) is 22.1. The van der Waals surface area contributed by atoms with Gasteiger partial charge in [0.1, 0.15) is 23.8 Å². The lowest BCUT2D eigenvalue weighted by atomic mass is 9.76. The van der Waals surface area contributed by atoms with E-state index in [4.69, 9.17) is 18.9 Å². The fraction of sp³-hybridized carbons (Fsp3) is 0.556. The van der Waals surface area contributed by atoms with Gasteiger partial charge in [0.15, 0.2) is 11.4 Å². The Morgan fingerprint density at radius 1 is 1.18 bits per heavy atom. The molecule has 208 valence electrons. The zero-order chi connectivity index (χ0) is 28.0. The number of alkyl halides is 3. The van der Waals surface area contributed by atoms with Gasteiger partial charge in [-0.1, -0.05) is 13.0 Å². The van der Waals surface area contributed by atoms with Crippen molar-refractivity contribution in [1.29, 1.82) is 0 Å². The maximum atomic E-state index is 14.3. The van der Waals surface area contributed by atoms with E-state index in [1.165, 1.54) is 26.1 Å². The molecule has 2 aromatic rings. The maximum Gasteiger partial charge on any atom is 0.417 e. The molecule has 0 bridgehead atoms. The molecule has 7 nitrogen and oxygen atoms in total. The summed E-state index contributed by atoms with van der Waals surface area (Å²) in [7, 11) is 0. The van der Waals surface area contributed by atoms with Crippen LogP contribution in [0.3, 0.4) is 0 Å². The van der Waals surface area contributed by atoms with Crippen molar-refractivity contribution in [2.24, 2.45) is 5.92 Å². The summed E-state index contributed by atoms with van der Waals surface area (Å²) in [5.74, 6) is -4.23. The highest BCUT2D eigenvalue weighted by molar-refractivity contribution is 5.95. The number of aromatic nitrogens is 1. The molecule has 3 heterocycles. The van der Waals surface area contributed by atoms with Crippen LogP contribution in [-0.4, -0.2) is 47.8 Å². The number of ether oxygens (including phenoxy) is 4. The predicted molar refractivity (Wildman–Crippen MR) is 130 cm³/mol. The van der Waals surface area contributed by atoms with Crippen LogP contribution in [0.25, 0.3) is 0 Å². The van der Waals surface area contributed by atoms with E-state index in [1.54, 1.807) is 32.9 Å². The van der Waals surface area contributed by atoms with Crippen LogP contribution >= 0.6 is 0 Å². The highest BCUT2D eigenvalue weighted by atomic mass is 19.4. The first-order valence-corrected chi connectivity index (χ1v) is 12.4. The number of carbonyl (C=O) groups is 1. The number of hydrogen-bond donors (Lipinski definition) is 1. The van der Waals surface area contributed by atoms with Crippen LogP contribution in [0.15, 0.2) is 30.5 Å². The molecule has 0 aliphatic carbocycles. The van der Waals surface area contributed by atoms with E-state index in [0.717, 1.165) is 13.0 Å². The molecule has 2 saturated heterocycles. The van der Waals surface area contributed by atoms with Gasteiger partial charge < -0.3 is 24.3 Å². The van der Waals surface area contributed by atoms with E-state index in [9.17, 15) is 22.4 Å². The molecule has 0 radical (unpaired) electrons. The number of nitrogens with one attached hydrogen (secondary N) is 1. The number of carbonyl (C=O) groups excluding carboxylic acids is 1. The van der Waals surface area contributed by atoms with Crippen molar-refractivity contribution >= 4 is 11.6 Å². The summed E-state index contributed by atoms with van der Waals surface area (Å²) in [5.41, 5.74) is -1.34. The molecule has 1 aromatic carbocycles. The van der Waals surface area contributed by atoms with Crippen LogP contribution in [0.4, 0.5) is 23.2 Å². The van der Waals surface area contributed by atoms with Crippen LogP contribution in [0.5, 0.6) is 5.75 Å².